The minimum Gasteiger partial charge on any atom is -0.318 e. The van der Waals surface area contributed by atoms with Crippen LogP contribution in [-0.2, 0) is 10.0 Å². The molecule has 0 aromatic heterocycles. The molecule has 7 nitrogen and oxygen atoms in total. The molecule has 0 saturated heterocycles. The minimum absolute atomic E-state index is 0.0663. The van der Waals surface area contributed by atoms with Crippen LogP contribution in [0.25, 0.3) is 0 Å². The number of hydrogen-bond acceptors (Lipinski definition) is 5. The Balaban J connectivity index is 3.15. The summed E-state index contributed by atoms with van der Waals surface area (Å²) in [7, 11) is -0.533. The van der Waals surface area contributed by atoms with Gasteiger partial charge in [0, 0.05) is 31.8 Å². The maximum absolute atomic E-state index is 12.2. The van der Waals surface area contributed by atoms with Crippen LogP contribution in [0, 0.1) is 17.0 Å². The van der Waals surface area contributed by atoms with E-state index in [9.17, 15) is 18.5 Å². The van der Waals surface area contributed by atoms with Crippen molar-refractivity contribution in [3.05, 3.63) is 33.9 Å². The average Bonchev–Trinajstić information content (AvgIpc) is 2.35. The molecule has 0 aliphatic carbocycles. The zero-order chi connectivity index (χ0) is 14.6. The lowest BCUT2D eigenvalue weighted by Crippen LogP contribution is -2.32. The van der Waals surface area contributed by atoms with Gasteiger partial charge in [-0.2, -0.15) is 4.31 Å². The van der Waals surface area contributed by atoms with Crippen molar-refractivity contribution in [2.75, 3.05) is 27.2 Å². The monoisotopic (exact) mass is 287 g/mol. The van der Waals surface area contributed by atoms with E-state index in [-0.39, 0.29) is 10.6 Å². The number of sulfonamides is 1. The van der Waals surface area contributed by atoms with Crippen molar-refractivity contribution in [3.8, 4) is 0 Å². The molecular weight excluding hydrogens is 270 g/mol. The van der Waals surface area contributed by atoms with Gasteiger partial charge < -0.3 is 5.32 Å². The van der Waals surface area contributed by atoms with Gasteiger partial charge in [-0.05, 0) is 20.0 Å². The standard InChI is InChI=1S/C11H17N3O4S/c1-9-4-5-10(8-11(9)14(15)16)19(17,18)13(3)7-6-12-2/h4-5,8,12H,6-7H2,1-3H3. The largest absolute Gasteiger partial charge is 0.318 e. The molecule has 0 aliphatic heterocycles. The van der Waals surface area contributed by atoms with E-state index < -0.39 is 14.9 Å². The lowest BCUT2D eigenvalue weighted by Gasteiger charge is -2.17. The number of rotatable bonds is 6. The highest BCUT2D eigenvalue weighted by Gasteiger charge is 2.23. The Hall–Kier alpha value is -1.51. The molecule has 0 spiro atoms. The first-order valence-electron chi connectivity index (χ1n) is 5.66. The van der Waals surface area contributed by atoms with E-state index >= 15 is 0 Å². The fourth-order valence-electron chi connectivity index (χ4n) is 1.52. The van der Waals surface area contributed by atoms with E-state index in [0.717, 1.165) is 10.4 Å². The molecule has 0 aliphatic rings. The predicted octanol–water partition coefficient (Wildman–Crippen LogP) is 0.743. The van der Waals surface area contributed by atoms with Crippen LogP contribution in [0.2, 0.25) is 0 Å². The van der Waals surface area contributed by atoms with Crippen LogP contribution in [0.5, 0.6) is 0 Å². The predicted molar refractivity (Wildman–Crippen MR) is 71.6 cm³/mol. The smallest absolute Gasteiger partial charge is 0.273 e. The lowest BCUT2D eigenvalue weighted by molar-refractivity contribution is -0.385. The van der Waals surface area contributed by atoms with Gasteiger partial charge in [-0.15, -0.1) is 0 Å². The van der Waals surface area contributed by atoms with Gasteiger partial charge in [-0.3, -0.25) is 10.1 Å². The third-order valence-corrected chi connectivity index (χ3v) is 4.62. The van der Waals surface area contributed by atoms with Crippen LogP contribution in [0.4, 0.5) is 5.69 Å². The van der Waals surface area contributed by atoms with Gasteiger partial charge in [0.05, 0.1) is 9.82 Å². The second-order valence-corrected chi connectivity index (χ2v) is 6.18. The van der Waals surface area contributed by atoms with Crippen LogP contribution < -0.4 is 5.32 Å². The molecular formula is C11H17N3O4S. The fraction of sp³-hybridized carbons (Fsp3) is 0.455. The second-order valence-electron chi connectivity index (χ2n) is 4.14. The van der Waals surface area contributed by atoms with Gasteiger partial charge in [0.25, 0.3) is 5.69 Å². The van der Waals surface area contributed by atoms with Crippen LogP contribution in [0.1, 0.15) is 5.56 Å². The van der Waals surface area contributed by atoms with E-state index in [2.05, 4.69) is 5.32 Å². The Morgan fingerprint density at radius 3 is 2.58 bits per heavy atom. The summed E-state index contributed by atoms with van der Waals surface area (Å²) in [5.41, 5.74) is 0.241. The van der Waals surface area contributed by atoms with Crippen molar-refractivity contribution in [1.82, 2.24) is 9.62 Å². The Morgan fingerprint density at radius 2 is 2.05 bits per heavy atom. The van der Waals surface area contributed by atoms with E-state index in [1.165, 1.54) is 19.2 Å². The zero-order valence-electron chi connectivity index (χ0n) is 11.1. The van der Waals surface area contributed by atoms with Gasteiger partial charge in [0.15, 0.2) is 0 Å². The molecule has 19 heavy (non-hydrogen) atoms. The van der Waals surface area contributed by atoms with Crippen molar-refractivity contribution in [1.29, 1.82) is 0 Å². The summed E-state index contributed by atoms with van der Waals surface area (Å²) in [6.45, 7) is 2.36. The number of nitrogens with one attached hydrogen (secondary N) is 1. The average molecular weight is 287 g/mol. The number of hydrogen-bond donors (Lipinski definition) is 1. The number of aryl methyl sites for hydroxylation is 1. The molecule has 0 saturated carbocycles. The Morgan fingerprint density at radius 1 is 1.42 bits per heavy atom. The summed E-state index contributed by atoms with van der Waals surface area (Å²) < 4.78 is 25.6. The van der Waals surface area contributed by atoms with Gasteiger partial charge >= 0.3 is 0 Å². The summed E-state index contributed by atoms with van der Waals surface area (Å²) in [4.78, 5) is 10.2. The Labute approximate surface area is 112 Å². The number of likely N-dealkylation sites (N-methyl/N-ethyl adjacent to an activating group) is 2. The first-order valence-corrected chi connectivity index (χ1v) is 7.10. The van der Waals surface area contributed by atoms with Crippen molar-refractivity contribution in [2.24, 2.45) is 0 Å². The molecule has 0 radical (unpaired) electrons. The van der Waals surface area contributed by atoms with Crippen molar-refractivity contribution >= 4 is 15.7 Å². The molecule has 0 amide bonds. The van der Waals surface area contributed by atoms with Crippen molar-refractivity contribution in [2.45, 2.75) is 11.8 Å². The van der Waals surface area contributed by atoms with E-state index in [4.69, 9.17) is 0 Å². The van der Waals surface area contributed by atoms with Crippen LogP contribution in [0.3, 0.4) is 0 Å². The quantitative estimate of drug-likeness (QED) is 0.615. The summed E-state index contributed by atoms with van der Waals surface area (Å²) >= 11 is 0. The zero-order valence-corrected chi connectivity index (χ0v) is 11.9. The normalized spacial score (nSPS) is 11.8. The molecule has 1 rings (SSSR count). The van der Waals surface area contributed by atoms with Crippen LogP contribution in [-0.4, -0.2) is 44.8 Å². The third kappa shape index (κ3) is 3.49. The number of benzene rings is 1. The van der Waals surface area contributed by atoms with Gasteiger partial charge in [-0.25, -0.2) is 8.42 Å². The summed E-state index contributed by atoms with van der Waals surface area (Å²) in [5, 5.41) is 13.7. The Bertz CT molecular complexity index is 571. The summed E-state index contributed by atoms with van der Waals surface area (Å²) in [6.07, 6.45) is 0. The number of nitro benzene ring substituents is 1. The molecule has 1 aromatic rings. The molecule has 0 unspecified atom stereocenters. The van der Waals surface area contributed by atoms with Crippen LogP contribution in [0.15, 0.2) is 23.1 Å². The first kappa shape index (κ1) is 15.5. The van der Waals surface area contributed by atoms with Gasteiger partial charge in [0.1, 0.15) is 0 Å². The fourth-order valence-corrected chi connectivity index (χ4v) is 2.71. The third-order valence-electron chi connectivity index (χ3n) is 2.76. The highest BCUT2D eigenvalue weighted by atomic mass is 32.2. The Kier molecular flexibility index (Phi) is 4.98. The molecule has 1 N–H and O–H groups in total. The highest BCUT2D eigenvalue weighted by molar-refractivity contribution is 7.89. The topological polar surface area (TPSA) is 92.6 Å². The van der Waals surface area contributed by atoms with Crippen LogP contribution >= 0.6 is 0 Å². The molecule has 106 valence electrons. The van der Waals surface area contributed by atoms with Gasteiger partial charge in [0.2, 0.25) is 10.0 Å². The minimum atomic E-state index is -3.70. The SMILES string of the molecule is CNCCN(C)S(=O)(=O)c1ccc(C)c([N+](=O)[O-])c1. The lowest BCUT2D eigenvalue weighted by atomic mass is 10.2. The van der Waals surface area contributed by atoms with Crippen molar-refractivity contribution in [3.63, 3.8) is 0 Å². The van der Waals surface area contributed by atoms with Crippen molar-refractivity contribution < 1.29 is 13.3 Å². The molecule has 8 heteroatoms. The molecule has 0 heterocycles. The highest BCUT2D eigenvalue weighted by Crippen LogP contribution is 2.23. The number of nitrogens with zero attached hydrogens (tertiary/aromatic N) is 2. The summed E-state index contributed by atoms with van der Waals surface area (Å²) in [6, 6.07) is 3.92. The van der Waals surface area contributed by atoms with Gasteiger partial charge in [-0.1, -0.05) is 6.07 Å². The maximum Gasteiger partial charge on any atom is 0.273 e. The maximum atomic E-state index is 12.2. The molecule has 0 fully saturated rings. The first-order chi connectivity index (χ1) is 8.80. The molecule has 0 bridgehead atoms. The van der Waals surface area contributed by atoms with E-state index in [1.54, 1.807) is 14.0 Å². The molecule has 0 atom stereocenters. The molecule has 1 aromatic carbocycles. The van der Waals surface area contributed by atoms with E-state index in [0.29, 0.717) is 18.7 Å². The second kappa shape index (κ2) is 6.09. The summed E-state index contributed by atoms with van der Waals surface area (Å²) in [5.74, 6) is 0. The van der Waals surface area contributed by atoms with E-state index in [1.807, 2.05) is 0 Å². The number of nitro groups is 1.